The largest absolute Gasteiger partial charge is 0.463 e. The number of amides is 1. The smallest absolute Gasteiger partial charge is 0.336 e. The Labute approximate surface area is 182 Å². The van der Waals surface area contributed by atoms with E-state index < -0.39 is 11.9 Å². The number of thiophene rings is 1. The number of anilines is 1. The van der Waals surface area contributed by atoms with Crippen LogP contribution >= 0.6 is 23.1 Å². The molecule has 1 atom stereocenters. The van der Waals surface area contributed by atoms with E-state index in [1.54, 1.807) is 26.8 Å². The highest BCUT2D eigenvalue weighted by Crippen LogP contribution is 2.42. The van der Waals surface area contributed by atoms with Crippen molar-refractivity contribution >= 4 is 40.8 Å². The highest BCUT2D eigenvalue weighted by Gasteiger charge is 2.36. The maximum Gasteiger partial charge on any atom is 0.336 e. The second-order valence-corrected chi connectivity index (χ2v) is 8.31. The number of ether oxygens (including phenoxy) is 1. The number of nitriles is 1. The van der Waals surface area contributed by atoms with Gasteiger partial charge in [0.05, 0.1) is 40.5 Å². The minimum Gasteiger partial charge on any atom is -0.463 e. The Bertz CT molecular complexity index is 1050. The predicted molar refractivity (Wildman–Crippen MR) is 114 cm³/mol. The molecule has 0 aliphatic carbocycles. The van der Waals surface area contributed by atoms with E-state index >= 15 is 0 Å². The summed E-state index contributed by atoms with van der Waals surface area (Å²) in [7, 11) is 0. The van der Waals surface area contributed by atoms with Crippen molar-refractivity contribution in [1.29, 1.82) is 5.26 Å². The molecule has 0 saturated carbocycles. The molecule has 0 saturated heterocycles. The van der Waals surface area contributed by atoms with Crippen LogP contribution in [0, 0.1) is 18.3 Å². The fourth-order valence-electron chi connectivity index (χ4n) is 2.99. The molecule has 2 aromatic heterocycles. The average Bonchev–Trinajstić information content (AvgIpc) is 3.37. The SMILES string of the molecule is CCOC(=O)C1=C(C)NC(SCC(=O)Nc2cc(C)on2)=C(C#N)[C@H]1c1cccs1. The van der Waals surface area contributed by atoms with Crippen LogP contribution in [0.1, 0.15) is 30.4 Å². The Morgan fingerprint density at radius 2 is 2.27 bits per heavy atom. The molecule has 3 rings (SSSR count). The maximum atomic E-state index is 12.6. The average molecular weight is 445 g/mol. The molecule has 1 aliphatic heterocycles. The number of aryl methyl sites for hydroxylation is 1. The maximum absolute atomic E-state index is 12.6. The van der Waals surface area contributed by atoms with Crippen LogP contribution in [0.15, 0.2) is 50.0 Å². The normalized spacial score (nSPS) is 16.1. The number of hydrogen-bond donors (Lipinski definition) is 2. The fraction of sp³-hybridized carbons (Fsp3) is 0.300. The van der Waals surface area contributed by atoms with E-state index in [4.69, 9.17) is 9.26 Å². The Morgan fingerprint density at radius 1 is 1.47 bits per heavy atom. The molecule has 0 unspecified atom stereocenters. The molecule has 156 valence electrons. The monoisotopic (exact) mass is 444 g/mol. The molecule has 1 amide bonds. The van der Waals surface area contributed by atoms with Gasteiger partial charge < -0.3 is 19.9 Å². The number of nitrogens with zero attached hydrogens (tertiary/aromatic N) is 2. The lowest BCUT2D eigenvalue weighted by Gasteiger charge is -2.28. The quantitative estimate of drug-likeness (QED) is 0.621. The van der Waals surface area contributed by atoms with Gasteiger partial charge in [0.15, 0.2) is 5.82 Å². The fourth-order valence-corrected chi connectivity index (χ4v) is 4.72. The molecule has 2 aromatic rings. The molecule has 2 N–H and O–H groups in total. The number of dihydropyridines is 1. The van der Waals surface area contributed by atoms with Crippen LogP contribution < -0.4 is 10.6 Å². The van der Waals surface area contributed by atoms with Gasteiger partial charge in [0, 0.05) is 16.6 Å². The minimum atomic E-state index is -0.543. The first-order valence-corrected chi connectivity index (χ1v) is 11.0. The van der Waals surface area contributed by atoms with Crippen molar-refractivity contribution < 1.29 is 18.8 Å². The second kappa shape index (κ2) is 9.65. The molecule has 30 heavy (non-hydrogen) atoms. The topological polar surface area (TPSA) is 117 Å². The van der Waals surface area contributed by atoms with Crippen LogP contribution in [0.4, 0.5) is 5.82 Å². The minimum absolute atomic E-state index is 0.0542. The van der Waals surface area contributed by atoms with Crippen molar-refractivity contribution in [2.45, 2.75) is 26.7 Å². The van der Waals surface area contributed by atoms with Crippen molar-refractivity contribution in [3.05, 3.63) is 56.1 Å². The molecule has 0 bridgehead atoms. The molecule has 1 aliphatic rings. The van der Waals surface area contributed by atoms with E-state index in [0.717, 1.165) is 4.88 Å². The zero-order valence-electron chi connectivity index (χ0n) is 16.6. The zero-order valence-corrected chi connectivity index (χ0v) is 18.3. The third-order valence-corrected chi connectivity index (χ3v) is 6.17. The molecular formula is C20H20N4O4S2. The van der Waals surface area contributed by atoms with E-state index in [1.807, 2.05) is 17.5 Å². The van der Waals surface area contributed by atoms with Crippen molar-refractivity contribution in [2.24, 2.45) is 0 Å². The molecule has 0 spiro atoms. The van der Waals surface area contributed by atoms with Gasteiger partial charge in [0.1, 0.15) is 5.76 Å². The van der Waals surface area contributed by atoms with Gasteiger partial charge in [-0.25, -0.2) is 4.79 Å². The van der Waals surface area contributed by atoms with Crippen LogP contribution in [0.5, 0.6) is 0 Å². The lowest BCUT2D eigenvalue weighted by atomic mass is 9.87. The zero-order chi connectivity index (χ0) is 21.7. The first kappa shape index (κ1) is 21.7. The molecule has 0 radical (unpaired) electrons. The van der Waals surface area contributed by atoms with Crippen LogP contribution in [0.2, 0.25) is 0 Å². The van der Waals surface area contributed by atoms with E-state index in [1.165, 1.54) is 23.1 Å². The molecule has 8 nitrogen and oxygen atoms in total. The van der Waals surface area contributed by atoms with Gasteiger partial charge in [-0.1, -0.05) is 23.0 Å². The van der Waals surface area contributed by atoms with Crippen molar-refractivity contribution in [1.82, 2.24) is 10.5 Å². The number of carbonyl (C=O) groups excluding carboxylic acids is 2. The van der Waals surface area contributed by atoms with Crippen LogP contribution in [-0.4, -0.2) is 29.4 Å². The van der Waals surface area contributed by atoms with Crippen LogP contribution in [0.3, 0.4) is 0 Å². The molecule has 0 aromatic carbocycles. The predicted octanol–water partition coefficient (Wildman–Crippen LogP) is 3.68. The van der Waals surface area contributed by atoms with Gasteiger partial charge in [-0.05, 0) is 32.2 Å². The highest BCUT2D eigenvalue weighted by molar-refractivity contribution is 8.03. The Morgan fingerprint density at radius 3 is 2.87 bits per heavy atom. The second-order valence-electron chi connectivity index (χ2n) is 6.35. The first-order valence-electron chi connectivity index (χ1n) is 9.13. The van der Waals surface area contributed by atoms with Gasteiger partial charge in [-0.3, -0.25) is 4.79 Å². The summed E-state index contributed by atoms with van der Waals surface area (Å²) in [5, 5.41) is 21.8. The Kier molecular flexibility index (Phi) is 6.97. The van der Waals surface area contributed by atoms with E-state index in [2.05, 4.69) is 21.9 Å². The van der Waals surface area contributed by atoms with Gasteiger partial charge in [0.25, 0.3) is 0 Å². The summed E-state index contributed by atoms with van der Waals surface area (Å²) in [6.07, 6.45) is 0. The standard InChI is InChI=1S/C20H20N4O4S2/c1-4-27-20(26)17-12(3)22-19(13(9-21)18(17)14-6-5-7-29-14)30-10-16(25)23-15-8-11(2)28-24-15/h5-8,18,22H,4,10H2,1-3H3,(H,23,24,25)/t18-/m0/s1. The van der Waals surface area contributed by atoms with Crippen LogP contribution in [0.25, 0.3) is 0 Å². The number of esters is 1. The van der Waals surface area contributed by atoms with E-state index in [9.17, 15) is 14.9 Å². The number of rotatable bonds is 7. The van der Waals surface area contributed by atoms with Gasteiger partial charge in [-0.2, -0.15) is 5.26 Å². The summed E-state index contributed by atoms with van der Waals surface area (Å²) in [4.78, 5) is 25.8. The number of thioether (sulfide) groups is 1. The number of hydrogen-bond acceptors (Lipinski definition) is 9. The third kappa shape index (κ3) is 4.75. The molecule has 0 fully saturated rings. The summed E-state index contributed by atoms with van der Waals surface area (Å²) >= 11 is 2.65. The van der Waals surface area contributed by atoms with Gasteiger partial charge in [0.2, 0.25) is 5.91 Å². The first-order chi connectivity index (χ1) is 14.4. The lowest BCUT2D eigenvalue weighted by Crippen LogP contribution is -2.29. The van der Waals surface area contributed by atoms with Crippen molar-refractivity contribution in [3.8, 4) is 6.07 Å². The summed E-state index contributed by atoms with van der Waals surface area (Å²) in [5.41, 5.74) is 1.38. The van der Waals surface area contributed by atoms with Crippen molar-refractivity contribution in [2.75, 3.05) is 17.7 Å². The highest BCUT2D eigenvalue weighted by atomic mass is 32.2. The molecule has 3 heterocycles. The Balaban J connectivity index is 1.84. The summed E-state index contributed by atoms with van der Waals surface area (Å²) in [6, 6.07) is 7.59. The van der Waals surface area contributed by atoms with Gasteiger partial charge in [-0.15, -0.1) is 11.3 Å². The van der Waals surface area contributed by atoms with Crippen LogP contribution in [-0.2, 0) is 14.3 Å². The number of allylic oxidation sites excluding steroid dienone is 2. The number of carbonyl (C=O) groups is 2. The Hall–Kier alpha value is -3.03. The molecule has 10 heteroatoms. The number of aromatic nitrogens is 1. The lowest BCUT2D eigenvalue weighted by molar-refractivity contribution is -0.138. The summed E-state index contributed by atoms with van der Waals surface area (Å²) < 4.78 is 10.2. The summed E-state index contributed by atoms with van der Waals surface area (Å²) in [5.74, 6) is -0.312. The molecular weight excluding hydrogens is 424 g/mol. The number of nitrogens with one attached hydrogen (secondary N) is 2. The van der Waals surface area contributed by atoms with E-state index in [-0.39, 0.29) is 18.3 Å². The van der Waals surface area contributed by atoms with E-state index in [0.29, 0.717) is 33.5 Å². The third-order valence-electron chi connectivity index (χ3n) is 4.21. The summed E-state index contributed by atoms with van der Waals surface area (Å²) in [6.45, 7) is 5.47. The van der Waals surface area contributed by atoms with Gasteiger partial charge >= 0.3 is 5.97 Å². The van der Waals surface area contributed by atoms with Crippen molar-refractivity contribution in [3.63, 3.8) is 0 Å².